The van der Waals surface area contributed by atoms with Crippen molar-refractivity contribution in [1.29, 1.82) is 5.26 Å². The molecule has 0 atom stereocenters. The molecule has 0 fully saturated rings. The highest BCUT2D eigenvalue weighted by Crippen LogP contribution is 2.27. The van der Waals surface area contributed by atoms with Gasteiger partial charge >= 0.3 is 0 Å². The fourth-order valence-electron chi connectivity index (χ4n) is 2.76. The van der Waals surface area contributed by atoms with E-state index in [2.05, 4.69) is 23.5 Å². The molecule has 0 unspecified atom stereocenters. The number of hydrogen-bond acceptors (Lipinski definition) is 2. The molecule has 0 saturated heterocycles. The van der Waals surface area contributed by atoms with Gasteiger partial charge in [-0.15, -0.1) is 0 Å². The Morgan fingerprint density at radius 2 is 1.84 bits per heavy atom. The first-order chi connectivity index (χ1) is 9.15. The summed E-state index contributed by atoms with van der Waals surface area (Å²) in [6, 6.07) is 10.6. The summed E-state index contributed by atoms with van der Waals surface area (Å²) in [6.07, 6.45) is 2.87. The van der Waals surface area contributed by atoms with Crippen LogP contribution in [0.1, 0.15) is 37.8 Å². The first-order valence-corrected chi connectivity index (χ1v) is 6.94. The lowest BCUT2D eigenvalue weighted by Crippen LogP contribution is -2.45. The Labute approximate surface area is 114 Å². The highest BCUT2D eigenvalue weighted by atomic mass is 16.2. The summed E-state index contributed by atoms with van der Waals surface area (Å²) in [5, 5.41) is 12.3. The van der Waals surface area contributed by atoms with Crippen molar-refractivity contribution in [3.8, 4) is 6.07 Å². The van der Waals surface area contributed by atoms with E-state index in [1.54, 1.807) is 0 Å². The van der Waals surface area contributed by atoms with Gasteiger partial charge in [-0.3, -0.25) is 4.79 Å². The fourth-order valence-corrected chi connectivity index (χ4v) is 2.76. The summed E-state index contributed by atoms with van der Waals surface area (Å²) >= 11 is 0. The molecule has 19 heavy (non-hydrogen) atoms. The zero-order valence-electron chi connectivity index (χ0n) is 11.6. The summed E-state index contributed by atoms with van der Waals surface area (Å²) in [4.78, 5) is 12.3. The molecule has 0 heterocycles. The standard InChI is InChI=1S/C16H20N2O/c1-3-16(4-2,11-17)15(19)18-14-9-12-7-5-6-8-13(12)10-14/h5-8,14H,3-4,9-10H2,1-2H3,(H,18,19). The summed E-state index contributed by atoms with van der Waals surface area (Å²) in [7, 11) is 0. The maximum Gasteiger partial charge on any atom is 0.240 e. The quantitative estimate of drug-likeness (QED) is 0.900. The fraction of sp³-hybridized carbons (Fsp3) is 0.500. The first kappa shape index (κ1) is 13.6. The predicted molar refractivity (Wildman–Crippen MR) is 74.4 cm³/mol. The van der Waals surface area contributed by atoms with Crippen molar-refractivity contribution in [3.05, 3.63) is 35.4 Å². The van der Waals surface area contributed by atoms with Gasteiger partial charge in [0, 0.05) is 6.04 Å². The van der Waals surface area contributed by atoms with Crippen LogP contribution in [0.5, 0.6) is 0 Å². The van der Waals surface area contributed by atoms with Crippen molar-refractivity contribution in [2.24, 2.45) is 5.41 Å². The molecule has 3 heteroatoms. The largest absolute Gasteiger partial charge is 0.351 e. The Kier molecular flexibility index (Phi) is 3.90. The Morgan fingerprint density at radius 3 is 2.26 bits per heavy atom. The van der Waals surface area contributed by atoms with Gasteiger partial charge in [-0.1, -0.05) is 38.1 Å². The van der Waals surface area contributed by atoms with Crippen LogP contribution in [0.25, 0.3) is 0 Å². The number of benzene rings is 1. The van der Waals surface area contributed by atoms with E-state index in [0.717, 1.165) is 12.8 Å². The normalized spacial score (nSPS) is 14.8. The van der Waals surface area contributed by atoms with Crippen molar-refractivity contribution >= 4 is 5.91 Å². The number of hydrogen-bond donors (Lipinski definition) is 1. The van der Waals surface area contributed by atoms with Gasteiger partial charge in [0.1, 0.15) is 5.41 Å². The van der Waals surface area contributed by atoms with Crippen LogP contribution in [0.2, 0.25) is 0 Å². The Bertz CT molecular complexity index is 487. The van der Waals surface area contributed by atoms with Gasteiger partial charge in [0.25, 0.3) is 0 Å². The summed E-state index contributed by atoms with van der Waals surface area (Å²) in [5.74, 6) is -0.113. The molecule has 3 nitrogen and oxygen atoms in total. The number of fused-ring (bicyclic) bond motifs is 1. The van der Waals surface area contributed by atoms with E-state index in [1.807, 2.05) is 26.0 Å². The number of nitrogens with zero attached hydrogens (tertiary/aromatic N) is 1. The second-order valence-electron chi connectivity index (χ2n) is 5.25. The molecule has 0 bridgehead atoms. The SMILES string of the molecule is CCC(C#N)(CC)C(=O)NC1Cc2ccccc2C1. The molecule has 1 aliphatic rings. The van der Waals surface area contributed by atoms with Gasteiger partial charge in [0.05, 0.1) is 6.07 Å². The lowest BCUT2D eigenvalue weighted by atomic mass is 9.83. The topological polar surface area (TPSA) is 52.9 Å². The molecule has 1 aromatic rings. The third-order valence-corrected chi connectivity index (χ3v) is 4.24. The van der Waals surface area contributed by atoms with E-state index in [1.165, 1.54) is 11.1 Å². The van der Waals surface area contributed by atoms with Crippen molar-refractivity contribution in [1.82, 2.24) is 5.32 Å². The van der Waals surface area contributed by atoms with Crippen molar-refractivity contribution < 1.29 is 4.79 Å². The van der Waals surface area contributed by atoms with Crippen molar-refractivity contribution in [2.45, 2.75) is 45.6 Å². The lowest BCUT2D eigenvalue weighted by Gasteiger charge is -2.24. The van der Waals surface area contributed by atoms with Crippen LogP contribution in [-0.4, -0.2) is 11.9 Å². The van der Waals surface area contributed by atoms with E-state index in [9.17, 15) is 10.1 Å². The van der Waals surface area contributed by atoms with Gasteiger partial charge in [-0.25, -0.2) is 0 Å². The smallest absolute Gasteiger partial charge is 0.240 e. The van der Waals surface area contributed by atoms with Crippen LogP contribution in [-0.2, 0) is 17.6 Å². The van der Waals surface area contributed by atoms with Crippen LogP contribution in [0.4, 0.5) is 0 Å². The molecule has 0 spiro atoms. The molecule has 0 aromatic heterocycles. The van der Waals surface area contributed by atoms with Gasteiger partial charge in [0.2, 0.25) is 5.91 Å². The van der Waals surface area contributed by atoms with Crippen LogP contribution >= 0.6 is 0 Å². The third kappa shape index (κ3) is 2.49. The Morgan fingerprint density at radius 1 is 1.32 bits per heavy atom. The lowest BCUT2D eigenvalue weighted by molar-refractivity contribution is -0.129. The minimum Gasteiger partial charge on any atom is -0.351 e. The molecular formula is C16H20N2O. The number of nitriles is 1. The highest BCUT2D eigenvalue weighted by Gasteiger charge is 2.36. The van der Waals surface area contributed by atoms with Crippen LogP contribution < -0.4 is 5.32 Å². The average Bonchev–Trinajstić information content (AvgIpc) is 2.83. The molecular weight excluding hydrogens is 236 g/mol. The molecule has 1 aromatic carbocycles. The third-order valence-electron chi connectivity index (χ3n) is 4.24. The van der Waals surface area contributed by atoms with E-state index in [-0.39, 0.29) is 11.9 Å². The average molecular weight is 256 g/mol. The van der Waals surface area contributed by atoms with E-state index >= 15 is 0 Å². The van der Waals surface area contributed by atoms with E-state index in [4.69, 9.17) is 0 Å². The predicted octanol–water partition coefficient (Wildman–Crippen LogP) is 2.60. The Hall–Kier alpha value is -1.82. The number of nitrogens with one attached hydrogen (secondary N) is 1. The number of rotatable bonds is 4. The summed E-state index contributed by atoms with van der Waals surface area (Å²) in [6.45, 7) is 3.80. The van der Waals surface area contributed by atoms with Crippen LogP contribution in [0.15, 0.2) is 24.3 Å². The monoisotopic (exact) mass is 256 g/mol. The number of carbonyl (C=O) groups excluding carboxylic acids is 1. The summed E-state index contributed by atoms with van der Waals surface area (Å²) in [5.41, 5.74) is 1.75. The maximum atomic E-state index is 12.3. The van der Waals surface area contributed by atoms with Crippen molar-refractivity contribution in [2.75, 3.05) is 0 Å². The van der Waals surface area contributed by atoms with Gasteiger partial charge in [-0.2, -0.15) is 5.26 Å². The molecule has 1 amide bonds. The van der Waals surface area contributed by atoms with Crippen molar-refractivity contribution in [3.63, 3.8) is 0 Å². The zero-order valence-corrected chi connectivity index (χ0v) is 11.6. The molecule has 0 radical (unpaired) electrons. The minimum atomic E-state index is -0.866. The zero-order chi connectivity index (χ0) is 13.9. The van der Waals surface area contributed by atoms with E-state index in [0.29, 0.717) is 12.8 Å². The highest BCUT2D eigenvalue weighted by molar-refractivity contribution is 5.85. The molecule has 0 aliphatic heterocycles. The molecule has 1 N–H and O–H groups in total. The number of carbonyl (C=O) groups is 1. The summed E-state index contributed by atoms with van der Waals surface area (Å²) < 4.78 is 0. The van der Waals surface area contributed by atoms with Gasteiger partial charge in [0.15, 0.2) is 0 Å². The van der Waals surface area contributed by atoms with Gasteiger partial charge < -0.3 is 5.32 Å². The molecule has 2 rings (SSSR count). The van der Waals surface area contributed by atoms with Crippen LogP contribution in [0.3, 0.4) is 0 Å². The molecule has 1 aliphatic carbocycles. The van der Waals surface area contributed by atoms with Gasteiger partial charge in [-0.05, 0) is 36.8 Å². The second kappa shape index (κ2) is 5.44. The first-order valence-electron chi connectivity index (χ1n) is 6.94. The minimum absolute atomic E-state index is 0.113. The van der Waals surface area contributed by atoms with Crippen LogP contribution in [0, 0.1) is 16.7 Å². The second-order valence-corrected chi connectivity index (χ2v) is 5.25. The Balaban J connectivity index is 2.05. The number of amides is 1. The van der Waals surface area contributed by atoms with E-state index < -0.39 is 5.41 Å². The molecule has 0 saturated carbocycles. The maximum absolute atomic E-state index is 12.3. The molecule has 100 valence electrons.